The second-order valence-corrected chi connectivity index (χ2v) is 5.68. The summed E-state index contributed by atoms with van der Waals surface area (Å²) in [6.07, 6.45) is 0. The number of thiocarbonyl (C=S) groups is 1. The van der Waals surface area contributed by atoms with Crippen LogP contribution in [0.25, 0.3) is 0 Å². The Kier molecular flexibility index (Phi) is 4.52. The summed E-state index contributed by atoms with van der Waals surface area (Å²) in [6.45, 7) is 1.97. The van der Waals surface area contributed by atoms with E-state index in [0.717, 1.165) is 15.7 Å². The number of carbonyl (C=O) groups is 1. The zero-order valence-electron chi connectivity index (χ0n) is 10.8. The number of benzene rings is 2. The summed E-state index contributed by atoms with van der Waals surface area (Å²) in [7, 11) is 0. The highest BCUT2D eigenvalue weighted by atomic mass is 79.9. The predicted molar refractivity (Wildman–Crippen MR) is 89.2 cm³/mol. The third-order valence-electron chi connectivity index (χ3n) is 2.78. The standard InChI is InChI=1S/C15H13BrN2OS/c1-9-5-6-12(16)13(7-9)18-15(19)11-4-2-3-10(8-11)14(17)20/h2-8H,1H3,(H2,17,20)(H,18,19). The zero-order valence-corrected chi connectivity index (χ0v) is 13.2. The van der Waals surface area contributed by atoms with Gasteiger partial charge in [0.05, 0.1) is 5.69 Å². The van der Waals surface area contributed by atoms with E-state index in [2.05, 4.69) is 21.2 Å². The van der Waals surface area contributed by atoms with Gasteiger partial charge in [0, 0.05) is 15.6 Å². The lowest BCUT2D eigenvalue weighted by atomic mass is 10.1. The molecule has 0 atom stereocenters. The Morgan fingerprint density at radius 2 is 1.90 bits per heavy atom. The molecule has 0 fully saturated rings. The van der Waals surface area contributed by atoms with Gasteiger partial charge >= 0.3 is 0 Å². The average molecular weight is 349 g/mol. The van der Waals surface area contributed by atoms with Crippen molar-refractivity contribution in [1.29, 1.82) is 0 Å². The molecule has 0 saturated carbocycles. The molecule has 2 aromatic rings. The Balaban J connectivity index is 2.26. The minimum Gasteiger partial charge on any atom is -0.389 e. The zero-order chi connectivity index (χ0) is 14.7. The van der Waals surface area contributed by atoms with Gasteiger partial charge in [0.1, 0.15) is 4.99 Å². The number of anilines is 1. The Hall–Kier alpha value is -1.72. The number of nitrogens with one attached hydrogen (secondary N) is 1. The molecule has 3 N–H and O–H groups in total. The first-order chi connectivity index (χ1) is 9.47. The largest absolute Gasteiger partial charge is 0.389 e. The number of carbonyl (C=O) groups excluding carboxylic acids is 1. The van der Waals surface area contributed by atoms with E-state index in [4.69, 9.17) is 18.0 Å². The monoisotopic (exact) mass is 348 g/mol. The van der Waals surface area contributed by atoms with Gasteiger partial charge in [-0.3, -0.25) is 4.79 Å². The minimum absolute atomic E-state index is 0.200. The van der Waals surface area contributed by atoms with Crippen molar-refractivity contribution in [2.75, 3.05) is 5.32 Å². The van der Waals surface area contributed by atoms with Crippen LogP contribution in [0, 0.1) is 6.92 Å². The van der Waals surface area contributed by atoms with Crippen molar-refractivity contribution >= 4 is 44.7 Å². The number of amides is 1. The Labute approximate surface area is 131 Å². The summed E-state index contributed by atoms with van der Waals surface area (Å²) in [6, 6.07) is 12.7. The molecule has 0 aromatic heterocycles. The van der Waals surface area contributed by atoms with Gasteiger partial charge in [-0.2, -0.15) is 0 Å². The van der Waals surface area contributed by atoms with E-state index < -0.39 is 0 Å². The highest BCUT2D eigenvalue weighted by Gasteiger charge is 2.09. The van der Waals surface area contributed by atoms with Crippen molar-refractivity contribution in [2.24, 2.45) is 5.73 Å². The highest BCUT2D eigenvalue weighted by Crippen LogP contribution is 2.24. The fraction of sp³-hybridized carbons (Fsp3) is 0.0667. The number of nitrogens with two attached hydrogens (primary N) is 1. The Morgan fingerprint density at radius 1 is 1.20 bits per heavy atom. The summed E-state index contributed by atoms with van der Waals surface area (Å²) in [5.74, 6) is -0.200. The van der Waals surface area contributed by atoms with Gasteiger partial charge in [0.25, 0.3) is 5.91 Å². The van der Waals surface area contributed by atoms with Gasteiger partial charge in [-0.05, 0) is 52.7 Å². The van der Waals surface area contributed by atoms with Crippen LogP contribution in [0.5, 0.6) is 0 Å². The molecule has 0 bridgehead atoms. The quantitative estimate of drug-likeness (QED) is 0.832. The number of halogens is 1. The van der Waals surface area contributed by atoms with E-state index in [-0.39, 0.29) is 10.9 Å². The third kappa shape index (κ3) is 3.43. The Bertz CT molecular complexity index is 685. The van der Waals surface area contributed by atoms with E-state index in [1.54, 1.807) is 24.3 Å². The molecule has 2 rings (SSSR count). The van der Waals surface area contributed by atoms with E-state index >= 15 is 0 Å². The van der Waals surface area contributed by atoms with Crippen LogP contribution in [-0.2, 0) is 0 Å². The first-order valence-electron chi connectivity index (χ1n) is 5.95. The van der Waals surface area contributed by atoms with Crippen LogP contribution in [0.1, 0.15) is 21.5 Å². The lowest BCUT2D eigenvalue weighted by molar-refractivity contribution is 0.102. The molecule has 0 heterocycles. The first-order valence-corrected chi connectivity index (χ1v) is 7.15. The molecule has 102 valence electrons. The van der Waals surface area contributed by atoms with Crippen molar-refractivity contribution in [3.63, 3.8) is 0 Å². The molecule has 5 heteroatoms. The normalized spacial score (nSPS) is 10.1. The molecule has 0 aliphatic heterocycles. The predicted octanol–water partition coefficient (Wildman–Crippen LogP) is 3.64. The number of aryl methyl sites for hydroxylation is 1. The van der Waals surface area contributed by atoms with Gasteiger partial charge in [-0.25, -0.2) is 0 Å². The summed E-state index contributed by atoms with van der Waals surface area (Å²) >= 11 is 8.33. The molecule has 3 nitrogen and oxygen atoms in total. The van der Waals surface area contributed by atoms with Crippen LogP contribution in [0.15, 0.2) is 46.9 Å². The van der Waals surface area contributed by atoms with Crippen LogP contribution in [0.4, 0.5) is 5.69 Å². The molecule has 0 unspecified atom stereocenters. The second kappa shape index (κ2) is 6.15. The van der Waals surface area contributed by atoms with Crippen LogP contribution in [0.3, 0.4) is 0 Å². The van der Waals surface area contributed by atoms with Gasteiger partial charge in [-0.1, -0.05) is 30.4 Å². The van der Waals surface area contributed by atoms with Gasteiger partial charge in [0.15, 0.2) is 0 Å². The van der Waals surface area contributed by atoms with Gasteiger partial charge in [-0.15, -0.1) is 0 Å². The fourth-order valence-corrected chi connectivity index (χ4v) is 2.22. The number of hydrogen-bond acceptors (Lipinski definition) is 2. The first kappa shape index (κ1) is 14.7. The van der Waals surface area contributed by atoms with E-state index in [9.17, 15) is 4.79 Å². The molecule has 2 aromatic carbocycles. The van der Waals surface area contributed by atoms with Gasteiger partial charge < -0.3 is 11.1 Å². The van der Waals surface area contributed by atoms with E-state index in [0.29, 0.717) is 11.1 Å². The second-order valence-electron chi connectivity index (χ2n) is 4.38. The van der Waals surface area contributed by atoms with Crippen LogP contribution >= 0.6 is 28.1 Å². The molecular formula is C15H13BrN2OS. The summed E-state index contributed by atoms with van der Waals surface area (Å²) in [4.78, 5) is 12.5. The molecule has 0 aliphatic rings. The van der Waals surface area contributed by atoms with Crippen LogP contribution in [0.2, 0.25) is 0 Å². The van der Waals surface area contributed by atoms with Crippen molar-refractivity contribution in [1.82, 2.24) is 0 Å². The molecule has 1 amide bonds. The maximum atomic E-state index is 12.2. The molecule has 0 aliphatic carbocycles. The van der Waals surface area contributed by atoms with Crippen LogP contribution < -0.4 is 11.1 Å². The smallest absolute Gasteiger partial charge is 0.255 e. The Morgan fingerprint density at radius 3 is 2.60 bits per heavy atom. The maximum Gasteiger partial charge on any atom is 0.255 e. The third-order valence-corrected chi connectivity index (χ3v) is 3.71. The maximum absolute atomic E-state index is 12.2. The highest BCUT2D eigenvalue weighted by molar-refractivity contribution is 9.10. The molecule has 20 heavy (non-hydrogen) atoms. The average Bonchev–Trinajstić information content (AvgIpc) is 2.43. The summed E-state index contributed by atoms with van der Waals surface area (Å²) < 4.78 is 0.835. The summed E-state index contributed by atoms with van der Waals surface area (Å²) in [5.41, 5.74) is 8.57. The summed E-state index contributed by atoms with van der Waals surface area (Å²) in [5, 5.41) is 2.86. The molecule has 0 radical (unpaired) electrons. The molecular weight excluding hydrogens is 336 g/mol. The fourth-order valence-electron chi connectivity index (χ4n) is 1.74. The molecule has 0 spiro atoms. The lowest BCUT2D eigenvalue weighted by Gasteiger charge is -2.09. The van der Waals surface area contributed by atoms with Crippen molar-refractivity contribution < 1.29 is 4.79 Å². The topological polar surface area (TPSA) is 55.1 Å². The SMILES string of the molecule is Cc1ccc(Br)c(NC(=O)c2cccc(C(N)=S)c2)c1. The van der Waals surface area contributed by atoms with E-state index in [1.807, 2.05) is 25.1 Å². The van der Waals surface area contributed by atoms with Crippen LogP contribution in [-0.4, -0.2) is 10.9 Å². The van der Waals surface area contributed by atoms with Crippen molar-refractivity contribution in [3.8, 4) is 0 Å². The number of hydrogen-bond donors (Lipinski definition) is 2. The van der Waals surface area contributed by atoms with Gasteiger partial charge in [0.2, 0.25) is 0 Å². The molecule has 0 saturated heterocycles. The number of rotatable bonds is 3. The lowest BCUT2D eigenvalue weighted by Crippen LogP contribution is -2.15. The minimum atomic E-state index is -0.200. The van der Waals surface area contributed by atoms with Crippen molar-refractivity contribution in [2.45, 2.75) is 6.92 Å². The van der Waals surface area contributed by atoms with Crippen molar-refractivity contribution in [3.05, 3.63) is 63.6 Å². The van der Waals surface area contributed by atoms with E-state index in [1.165, 1.54) is 0 Å².